The van der Waals surface area contributed by atoms with Crippen molar-refractivity contribution in [3.05, 3.63) is 11.1 Å². The smallest absolute Gasteiger partial charge is 0.434 e. The summed E-state index contributed by atoms with van der Waals surface area (Å²) >= 11 is 0.910. The van der Waals surface area contributed by atoms with Crippen LogP contribution >= 0.6 is 11.3 Å². The van der Waals surface area contributed by atoms with Gasteiger partial charge in [0.05, 0.1) is 0 Å². The highest BCUT2D eigenvalue weighted by Gasteiger charge is 2.34. The second-order valence-corrected chi connectivity index (χ2v) is 4.34. The Morgan fingerprint density at radius 2 is 2.00 bits per heavy atom. The predicted octanol–water partition coefficient (Wildman–Crippen LogP) is 3.48. The number of halogens is 3. The van der Waals surface area contributed by atoms with Crippen LogP contribution in [0.2, 0.25) is 0 Å². The zero-order valence-corrected chi connectivity index (χ0v) is 8.70. The largest absolute Gasteiger partial charge is 0.467 e. The normalized spacial score (nSPS) is 18.3. The summed E-state index contributed by atoms with van der Waals surface area (Å²) in [5, 5.41) is 1.12. The molecule has 2 rings (SSSR count). The minimum Gasteiger partial charge on any atom is -0.467 e. The van der Waals surface area contributed by atoms with E-state index in [0.717, 1.165) is 42.4 Å². The number of rotatable bonds is 2. The van der Waals surface area contributed by atoms with Gasteiger partial charge in [-0.25, -0.2) is 0 Å². The Kier molecular flexibility index (Phi) is 2.86. The molecular formula is C9H10F3NOS. The molecule has 6 heteroatoms. The standard InChI is InChI=1S/C9H10F3NOS/c10-9(11,12)7-5-15-8(13-7)14-6-3-1-2-4-6/h5-6H,1-4H2. The third-order valence-corrected chi connectivity index (χ3v) is 3.07. The highest BCUT2D eigenvalue weighted by molar-refractivity contribution is 7.11. The van der Waals surface area contributed by atoms with Gasteiger partial charge >= 0.3 is 6.18 Å². The molecule has 0 N–H and O–H groups in total. The number of aromatic nitrogens is 1. The summed E-state index contributed by atoms with van der Waals surface area (Å²) in [6, 6.07) is 0. The van der Waals surface area contributed by atoms with Crippen molar-refractivity contribution in [2.75, 3.05) is 0 Å². The van der Waals surface area contributed by atoms with E-state index in [1.54, 1.807) is 0 Å². The zero-order chi connectivity index (χ0) is 10.9. The summed E-state index contributed by atoms with van der Waals surface area (Å²) in [5.74, 6) is 0. The van der Waals surface area contributed by atoms with Crippen LogP contribution in [-0.4, -0.2) is 11.1 Å². The first-order chi connectivity index (χ1) is 7.05. The van der Waals surface area contributed by atoms with Gasteiger partial charge in [0.2, 0.25) is 0 Å². The van der Waals surface area contributed by atoms with Crippen molar-refractivity contribution >= 4 is 11.3 Å². The molecule has 1 heterocycles. The maximum absolute atomic E-state index is 12.2. The number of hydrogen-bond donors (Lipinski definition) is 0. The highest BCUT2D eigenvalue weighted by atomic mass is 32.1. The van der Waals surface area contributed by atoms with E-state index in [1.165, 1.54) is 0 Å². The molecule has 0 bridgehead atoms. The third-order valence-electron chi connectivity index (χ3n) is 2.34. The Hall–Kier alpha value is -0.780. The lowest BCUT2D eigenvalue weighted by Crippen LogP contribution is -2.11. The summed E-state index contributed by atoms with van der Waals surface area (Å²) in [4.78, 5) is 3.42. The number of ether oxygens (including phenoxy) is 1. The fourth-order valence-electron chi connectivity index (χ4n) is 1.59. The molecule has 84 valence electrons. The molecule has 1 fully saturated rings. The minimum absolute atomic E-state index is 0.0530. The van der Waals surface area contributed by atoms with E-state index in [0.29, 0.717) is 0 Å². The Morgan fingerprint density at radius 1 is 1.33 bits per heavy atom. The number of hydrogen-bond acceptors (Lipinski definition) is 3. The van der Waals surface area contributed by atoms with E-state index in [1.807, 2.05) is 0 Å². The van der Waals surface area contributed by atoms with Gasteiger partial charge in [0.1, 0.15) is 6.10 Å². The van der Waals surface area contributed by atoms with E-state index in [-0.39, 0.29) is 11.3 Å². The van der Waals surface area contributed by atoms with Crippen LogP contribution in [0.25, 0.3) is 0 Å². The summed E-state index contributed by atoms with van der Waals surface area (Å²) < 4.78 is 42.0. The lowest BCUT2D eigenvalue weighted by molar-refractivity contribution is -0.140. The molecule has 0 aliphatic heterocycles. The molecule has 1 saturated carbocycles. The molecule has 1 aromatic heterocycles. The minimum atomic E-state index is -4.37. The first-order valence-electron chi connectivity index (χ1n) is 4.75. The molecule has 0 unspecified atom stereocenters. The van der Waals surface area contributed by atoms with E-state index < -0.39 is 11.9 Å². The van der Waals surface area contributed by atoms with Gasteiger partial charge in [-0.2, -0.15) is 18.2 Å². The van der Waals surface area contributed by atoms with Crippen molar-refractivity contribution in [3.63, 3.8) is 0 Å². The predicted molar refractivity (Wildman–Crippen MR) is 50.0 cm³/mol. The fraction of sp³-hybridized carbons (Fsp3) is 0.667. The highest BCUT2D eigenvalue weighted by Crippen LogP contribution is 2.33. The van der Waals surface area contributed by atoms with Gasteiger partial charge in [-0.3, -0.25) is 0 Å². The van der Waals surface area contributed by atoms with Crippen molar-refractivity contribution in [1.82, 2.24) is 4.98 Å². The van der Waals surface area contributed by atoms with Crippen LogP contribution in [0, 0.1) is 0 Å². The lowest BCUT2D eigenvalue weighted by Gasteiger charge is -2.08. The third kappa shape index (κ3) is 2.62. The number of nitrogens with zero attached hydrogens (tertiary/aromatic N) is 1. The lowest BCUT2D eigenvalue weighted by atomic mass is 10.3. The molecule has 0 amide bonds. The van der Waals surface area contributed by atoms with Gasteiger partial charge in [-0.15, -0.1) is 0 Å². The molecule has 0 atom stereocenters. The second kappa shape index (κ2) is 4.00. The average Bonchev–Trinajstić information content (AvgIpc) is 2.73. The van der Waals surface area contributed by atoms with Gasteiger partial charge in [0.25, 0.3) is 5.19 Å². The molecule has 0 aromatic carbocycles. The first-order valence-corrected chi connectivity index (χ1v) is 5.63. The number of thiazole rings is 1. The van der Waals surface area contributed by atoms with Crippen LogP contribution in [0.5, 0.6) is 5.19 Å². The SMILES string of the molecule is FC(F)(F)c1csc(OC2CCCC2)n1. The van der Waals surface area contributed by atoms with E-state index in [2.05, 4.69) is 4.98 Å². The van der Waals surface area contributed by atoms with Crippen molar-refractivity contribution in [2.24, 2.45) is 0 Å². The van der Waals surface area contributed by atoms with E-state index >= 15 is 0 Å². The summed E-state index contributed by atoms with van der Waals surface area (Å²) in [7, 11) is 0. The summed E-state index contributed by atoms with van der Waals surface area (Å²) in [6.07, 6.45) is -0.308. The van der Waals surface area contributed by atoms with Crippen LogP contribution in [0.4, 0.5) is 13.2 Å². The monoisotopic (exact) mass is 237 g/mol. The molecule has 2 nitrogen and oxygen atoms in total. The Bertz CT molecular complexity index is 330. The number of alkyl halides is 3. The van der Waals surface area contributed by atoms with E-state index in [9.17, 15) is 13.2 Å². The maximum atomic E-state index is 12.2. The fourth-order valence-corrected chi connectivity index (χ4v) is 2.33. The van der Waals surface area contributed by atoms with Crippen LogP contribution in [-0.2, 0) is 6.18 Å². The van der Waals surface area contributed by atoms with Crippen molar-refractivity contribution in [1.29, 1.82) is 0 Å². The summed E-state index contributed by atoms with van der Waals surface area (Å²) in [6.45, 7) is 0. The Balaban J connectivity index is 2.00. The van der Waals surface area contributed by atoms with Gasteiger partial charge in [0.15, 0.2) is 5.69 Å². The van der Waals surface area contributed by atoms with Gasteiger partial charge in [-0.1, -0.05) is 11.3 Å². The second-order valence-electron chi connectivity index (χ2n) is 3.52. The quantitative estimate of drug-likeness (QED) is 0.785. The molecule has 15 heavy (non-hydrogen) atoms. The molecule has 0 saturated heterocycles. The van der Waals surface area contributed by atoms with Crippen LogP contribution < -0.4 is 4.74 Å². The Labute approximate surface area is 89.1 Å². The van der Waals surface area contributed by atoms with Crippen LogP contribution in [0.1, 0.15) is 31.4 Å². The Morgan fingerprint density at radius 3 is 2.53 bits per heavy atom. The van der Waals surface area contributed by atoms with Crippen molar-refractivity contribution < 1.29 is 17.9 Å². The maximum Gasteiger partial charge on any atom is 0.434 e. The van der Waals surface area contributed by atoms with Gasteiger partial charge < -0.3 is 4.74 Å². The van der Waals surface area contributed by atoms with E-state index in [4.69, 9.17) is 4.74 Å². The molecule has 1 aliphatic carbocycles. The molecule has 1 aromatic rings. The summed E-state index contributed by atoms with van der Waals surface area (Å²) in [5.41, 5.74) is -0.861. The zero-order valence-electron chi connectivity index (χ0n) is 7.88. The molecule has 1 aliphatic rings. The van der Waals surface area contributed by atoms with Gasteiger partial charge in [-0.05, 0) is 25.7 Å². The molecule has 0 radical (unpaired) electrons. The molecular weight excluding hydrogens is 227 g/mol. The van der Waals surface area contributed by atoms with Crippen molar-refractivity contribution in [3.8, 4) is 5.19 Å². The van der Waals surface area contributed by atoms with Crippen molar-refractivity contribution in [2.45, 2.75) is 38.0 Å². The first kappa shape index (κ1) is 10.7. The van der Waals surface area contributed by atoms with Crippen LogP contribution in [0.3, 0.4) is 0 Å². The topological polar surface area (TPSA) is 22.1 Å². The van der Waals surface area contributed by atoms with Gasteiger partial charge in [0, 0.05) is 5.38 Å². The average molecular weight is 237 g/mol. The van der Waals surface area contributed by atoms with Crippen LogP contribution in [0.15, 0.2) is 5.38 Å². The molecule has 0 spiro atoms.